The van der Waals surface area contributed by atoms with E-state index in [-0.39, 0.29) is 25.0 Å². The van der Waals surface area contributed by atoms with Gasteiger partial charge in [0.15, 0.2) is 0 Å². The van der Waals surface area contributed by atoms with Crippen molar-refractivity contribution in [2.24, 2.45) is 11.5 Å². The van der Waals surface area contributed by atoms with Crippen LogP contribution in [-0.4, -0.2) is 76.1 Å². The van der Waals surface area contributed by atoms with Gasteiger partial charge in [-0.15, -0.1) is 0 Å². The third kappa shape index (κ3) is 8.78. The van der Waals surface area contributed by atoms with Crippen LogP contribution in [0.5, 0.6) is 5.75 Å². The number of rotatable bonds is 14. The maximum atomic E-state index is 13.8. The minimum atomic E-state index is -1.15. The molecule has 2 aromatic rings. The van der Waals surface area contributed by atoms with Crippen LogP contribution in [-0.2, 0) is 32.0 Å². The number of unbranched alkanes of at least 4 members (excludes halogenated alkanes) is 1. The summed E-state index contributed by atoms with van der Waals surface area (Å²) in [5.74, 6) is -2.59. The highest BCUT2D eigenvalue weighted by Gasteiger charge is 2.39. The first-order chi connectivity index (χ1) is 19.2. The molecule has 0 radical (unpaired) electrons. The van der Waals surface area contributed by atoms with E-state index in [1.165, 1.54) is 17.0 Å². The first kappa shape index (κ1) is 30.6. The molecule has 2 aromatic carbocycles. The Labute approximate surface area is 233 Å². The zero-order chi connectivity index (χ0) is 29.1. The lowest BCUT2D eigenvalue weighted by Gasteiger charge is -2.30. The molecule has 8 N–H and O–H groups in total. The highest BCUT2D eigenvalue weighted by molar-refractivity contribution is 5.94. The molecule has 1 saturated heterocycles. The van der Waals surface area contributed by atoms with E-state index in [0.29, 0.717) is 44.3 Å². The van der Waals surface area contributed by atoms with Crippen molar-refractivity contribution in [2.45, 2.75) is 69.1 Å². The summed E-state index contributed by atoms with van der Waals surface area (Å²) in [6, 6.07) is 11.7. The molecule has 4 unspecified atom stereocenters. The van der Waals surface area contributed by atoms with Crippen LogP contribution in [0.4, 0.5) is 0 Å². The Morgan fingerprint density at radius 2 is 1.60 bits per heavy atom. The molecule has 1 aliphatic rings. The summed E-state index contributed by atoms with van der Waals surface area (Å²) in [4.78, 5) is 53.1. The van der Waals surface area contributed by atoms with E-state index in [1.54, 1.807) is 12.1 Å². The highest BCUT2D eigenvalue weighted by atomic mass is 16.4. The Morgan fingerprint density at radius 3 is 2.25 bits per heavy atom. The average Bonchev–Trinajstić information content (AvgIpc) is 3.43. The smallest absolute Gasteiger partial charge is 0.326 e. The number of hydrogen-bond donors (Lipinski definition) is 6. The number of nitrogens with zero attached hydrogens (tertiary/aromatic N) is 1. The van der Waals surface area contributed by atoms with Gasteiger partial charge in [-0.1, -0.05) is 42.5 Å². The van der Waals surface area contributed by atoms with Crippen molar-refractivity contribution < 1.29 is 29.4 Å². The molecule has 0 spiro atoms. The van der Waals surface area contributed by atoms with Crippen LogP contribution >= 0.6 is 0 Å². The van der Waals surface area contributed by atoms with Gasteiger partial charge >= 0.3 is 5.97 Å². The molecule has 0 aromatic heterocycles. The van der Waals surface area contributed by atoms with E-state index in [4.69, 9.17) is 11.5 Å². The lowest BCUT2D eigenvalue weighted by atomic mass is 10.0. The standard InChI is InChI=1S/C29H39N5O6/c30-15-5-4-9-23(29(39)40)32-27(37)25-10-6-16-34(25)28(38)24(18-20-11-13-21(35)14-12-20)33-26(36)22(31)17-19-7-2-1-3-8-19/h1-3,7-8,11-14,22-25,35H,4-6,9-10,15-18,30-31H2,(H,32,37)(H,33,36)(H,39,40). The first-order valence-corrected chi connectivity index (χ1v) is 13.6. The number of carboxylic acids is 1. The van der Waals surface area contributed by atoms with E-state index < -0.39 is 47.9 Å². The number of carboxylic acid groups (broad SMARTS) is 1. The lowest BCUT2D eigenvalue weighted by molar-refractivity contribution is -0.145. The Balaban J connectivity index is 1.75. The zero-order valence-corrected chi connectivity index (χ0v) is 22.5. The van der Waals surface area contributed by atoms with Gasteiger partial charge in [0.1, 0.15) is 23.9 Å². The molecule has 1 heterocycles. The Hall–Kier alpha value is -3.96. The fraction of sp³-hybridized carbons (Fsp3) is 0.448. The van der Waals surface area contributed by atoms with Crippen molar-refractivity contribution in [3.05, 3.63) is 65.7 Å². The number of carbonyl (C=O) groups excluding carboxylic acids is 3. The number of amides is 3. The summed E-state index contributed by atoms with van der Waals surface area (Å²) in [7, 11) is 0. The molecule has 11 heteroatoms. The quantitative estimate of drug-likeness (QED) is 0.184. The summed E-state index contributed by atoms with van der Waals surface area (Å²) in [5, 5.41) is 24.6. The number of nitrogens with one attached hydrogen (secondary N) is 2. The maximum Gasteiger partial charge on any atom is 0.326 e. The van der Waals surface area contributed by atoms with Crippen molar-refractivity contribution in [3.63, 3.8) is 0 Å². The van der Waals surface area contributed by atoms with E-state index in [2.05, 4.69) is 10.6 Å². The SMILES string of the molecule is NCCCCC(NC(=O)C1CCCN1C(=O)C(Cc1ccc(O)cc1)NC(=O)C(N)Cc1ccccc1)C(=O)O. The number of aliphatic carboxylic acids is 1. The van der Waals surface area contributed by atoms with Crippen LogP contribution in [0.15, 0.2) is 54.6 Å². The summed E-state index contributed by atoms with van der Waals surface area (Å²) in [6.07, 6.45) is 2.75. The van der Waals surface area contributed by atoms with Gasteiger partial charge in [0.25, 0.3) is 0 Å². The number of benzene rings is 2. The molecule has 40 heavy (non-hydrogen) atoms. The maximum absolute atomic E-state index is 13.8. The normalized spacial score (nSPS) is 17.1. The summed E-state index contributed by atoms with van der Waals surface area (Å²) >= 11 is 0. The Kier molecular flexibility index (Phi) is 11.5. The molecule has 0 saturated carbocycles. The monoisotopic (exact) mass is 553 g/mol. The van der Waals surface area contributed by atoms with Gasteiger partial charge in [-0.3, -0.25) is 14.4 Å². The van der Waals surface area contributed by atoms with Gasteiger partial charge in [0.05, 0.1) is 6.04 Å². The summed E-state index contributed by atoms with van der Waals surface area (Å²) in [5.41, 5.74) is 13.2. The van der Waals surface area contributed by atoms with Crippen LogP contribution in [0.3, 0.4) is 0 Å². The van der Waals surface area contributed by atoms with E-state index >= 15 is 0 Å². The molecular weight excluding hydrogens is 514 g/mol. The molecule has 0 bridgehead atoms. The number of likely N-dealkylation sites (tertiary alicyclic amines) is 1. The third-order valence-corrected chi connectivity index (χ3v) is 7.03. The summed E-state index contributed by atoms with van der Waals surface area (Å²) < 4.78 is 0. The first-order valence-electron chi connectivity index (χ1n) is 13.6. The lowest BCUT2D eigenvalue weighted by Crippen LogP contribution is -2.57. The van der Waals surface area contributed by atoms with Crippen LogP contribution < -0.4 is 22.1 Å². The Morgan fingerprint density at radius 1 is 0.925 bits per heavy atom. The van der Waals surface area contributed by atoms with Crippen molar-refractivity contribution in [1.29, 1.82) is 0 Å². The second-order valence-corrected chi connectivity index (χ2v) is 10.1. The molecule has 3 amide bonds. The van der Waals surface area contributed by atoms with Gasteiger partial charge < -0.3 is 37.2 Å². The Bertz CT molecular complexity index is 1140. The minimum absolute atomic E-state index is 0.0660. The molecule has 1 fully saturated rings. The fourth-order valence-electron chi connectivity index (χ4n) is 4.83. The van der Waals surface area contributed by atoms with Gasteiger partial charge in [0.2, 0.25) is 17.7 Å². The van der Waals surface area contributed by atoms with E-state index in [1.807, 2.05) is 30.3 Å². The van der Waals surface area contributed by atoms with Crippen LogP contribution in [0, 0.1) is 0 Å². The average molecular weight is 554 g/mol. The van der Waals surface area contributed by atoms with Crippen molar-refractivity contribution >= 4 is 23.7 Å². The van der Waals surface area contributed by atoms with Gasteiger partial charge in [-0.05, 0) is 68.3 Å². The number of phenols is 1. The van der Waals surface area contributed by atoms with Gasteiger partial charge in [-0.25, -0.2) is 4.79 Å². The van der Waals surface area contributed by atoms with Crippen LogP contribution in [0.2, 0.25) is 0 Å². The van der Waals surface area contributed by atoms with Crippen LogP contribution in [0.1, 0.15) is 43.2 Å². The number of hydrogen-bond acceptors (Lipinski definition) is 7. The van der Waals surface area contributed by atoms with Gasteiger partial charge in [0, 0.05) is 13.0 Å². The number of nitrogens with two attached hydrogens (primary N) is 2. The van der Waals surface area contributed by atoms with Crippen molar-refractivity contribution in [2.75, 3.05) is 13.1 Å². The minimum Gasteiger partial charge on any atom is -0.508 e. The number of phenolic OH excluding ortho intramolecular Hbond substituents is 1. The van der Waals surface area contributed by atoms with Gasteiger partial charge in [-0.2, -0.15) is 0 Å². The second kappa shape index (κ2) is 15.0. The zero-order valence-electron chi connectivity index (χ0n) is 22.5. The topological polar surface area (TPSA) is 188 Å². The van der Waals surface area contributed by atoms with E-state index in [0.717, 1.165) is 5.56 Å². The summed E-state index contributed by atoms with van der Waals surface area (Å²) in [6.45, 7) is 0.716. The number of aromatic hydroxyl groups is 1. The second-order valence-electron chi connectivity index (χ2n) is 10.1. The molecule has 216 valence electrons. The third-order valence-electron chi connectivity index (χ3n) is 7.03. The van der Waals surface area contributed by atoms with Crippen molar-refractivity contribution in [1.82, 2.24) is 15.5 Å². The molecule has 0 aliphatic carbocycles. The van der Waals surface area contributed by atoms with Crippen molar-refractivity contribution in [3.8, 4) is 5.75 Å². The van der Waals surface area contributed by atoms with E-state index in [9.17, 15) is 29.4 Å². The molecule has 4 atom stereocenters. The predicted octanol–water partition coefficient (Wildman–Crippen LogP) is 0.679. The van der Waals surface area contributed by atoms with Crippen LogP contribution in [0.25, 0.3) is 0 Å². The molecule has 1 aliphatic heterocycles. The molecule has 11 nitrogen and oxygen atoms in total. The fourth-order valence-corrected chi connectivity index (χ4v) is 4.83. The predicted molar refractivity (Wildman–Crippen MR) is 149 cm³/mol. The largest absolute Gasteiger partial charge is 0.508 e. The number of carbonyl (C=O) groups is 4. The molecular formula is C29H39N5O6. The molecule has 3 rings (SSSR count). The highest BCUT2D eigenvalue weighted by Crippen LogP contribution is 2.21.